The molecule has 9 nitrogen and oxygen atoms in total. The van der Waals surface area contributed by atoms with Crippen LogP contribution >= 0.6 is 11.3 Å². The summed E-state index contributed by atoms with van der Waals surface area (Å²) >= 11 is 0.740. The van der Waals surface area contributed by atoms with Crippen LogP contribution in [0, 0.1) is 18.6 Å². The van der Waals surface area contributed by atoms with Gasteiger partial charge in [0.2, 0.25) is 10.7 Å². The van der Waals surface area contributed by atoms with E-state index < -0.39 is 44.9 Å². The monoisotopic (exact) mass is 512 g/mol. The smallest absolute Gasteiger partial charge is 0.470 e. The highest BCUT2D eigenvalue weighted by Crippen LogP contribution is 2.35. The van der Waals surface area contributed by atoms with Crippen LogP contribution in [0.3, 0.4) is 0 Å². The Morgan fingerprint density at radius 2 is 1.79 bits per heavy atom. The van der Waals surface area contributed by atoms with Crippen LogP contribution in [0.4, 0.5) is 18.7 Å². The number of benzene rings is 2. The standard InChI is InChI=1S/C21H18F2N2O7S2/c1-11-17(31-20(27)28)33-19(24-11)25-18(26)21(2,32-16-9-6-13(22)10-15(16)23)12-4-7-14(8-5-12)34(3,29)30/h4-10H,1-3H3,(H,27,28)(H,24,25,26). The van der Waals surface area contributed by atoms with Gasteiger partial charge >= 0.3 is 6.16 Å². The molecule has 1 unspecified atom stereocenters. The molecule has 0 aliphatic heterocycles. The van der Waals surface area contributed by atoms with Gasteiger partial charge in [0.1, 0.15) is 5.82 Å². The molecule has 1 atom stereocenters. The summed E-state index contributed by atoms with van der Waals surface area (Å²) in [4.78, 5) is 28.1. The van der Waals surface area contributed by atoms with Crippen LogP contribution in [0.15, 0.2) is 47.4 Å². The number of hydrogen-bond donors (Lipinski definition) is 2. The molecule has 1 aromatic heterocycles. The number of halogens is 2. The molecule has 2 N–H and O–H groups in total. The van der Waals surface area contributed by atoms with Crippen molar-refractivity contribution in [3.63, 3.8) is 0 Å². The number of nitrogens with one attached hydrogen (secondary N) is 1. The fourth-order valence-corrected chi connectivity index (χ4v) is 4.30. The number of carbonyl (C=O) groups excluding carboxylic acids is 1. The molecule has 0 fully saturated rings. The van der Waals surface area contributed by atoms with Crippen molar-refractivity contribution in [1.29, 1.82) is 0 Å². The quantitative estimate of drug-likeness (QED) is 0.452. The summed E-state index contributed by atoms with van der Waals surface area (Å²) in [5, 5.41) is 11.2. The van der Waals surface area contributed by atoms with E-state index in [2.05, 4.69) is 15.0 Å². The van der Waals surface area contributed by atoms with Crippen molar-refractivity contribution in [3.05, 3.63) is 65.4 Å². The molecule has 2 aromatic carbocycles. The number of anilines is 1. The Morgan fingerprint density at radius 1 is 1.15 bits per heavy atom. The van der Waals surface area contributed by atoms with Crippen molar-refractivity contribution in [2.75, 3.05) is 11.6 Å². The highest BCUT2D eigenvalue weighted by atomic mass is 32.2. The van der Waals surface area contributed by atoms with E-state index in [0.29, 0.717) is 6.07 Å². The molecule has 0 aliphatic rings. The van der Waals surface area contributed by atoms with Crippen LogP contribution in [0.25, 0.3) is 0 Å². The zero-order chi connectivity index (χ0) is 25.3. The molecule has 3 rings (SSSR count). The fourth-order valence-electron chi connectivity index (χ4n) is 2.86. The minimum atomic E-state index is -3.53. The molecule has 0 aliphatic carbocycles. The number of ether oxygens (including phenoxy) is 2. The summed E-state index contributed by atoms with van der Waals surface area (Å²) in [6.45, 7) is 2.77. The van der Waals surface area contributed by atoms with Crippen molar-refractivity contribution < 1.29 is 41.4 Å². The van der Waals surface area contributed by atoms with Gasteiger partial charge in [-0.3, -0.25) is 10.1 Å². The Bertz CT molecular complexity index is 1360. The normalized spacial score (nSPS) is 13.1. The molecule has 34 heavy (non-hydrogen) atoms. The third-order valence-electron chi connectivity index (χ3n) is 4.63. The van der Waals surface area contributed by atoms with Crippen LogP contribution < -0.4 is 14.8 Å². The first-order valence-electron chi connectivity index (χ1n) is 9.44. The van der Waals surface area contributed by atoms with Crippen molar-refractivity contribution in [2.24, 2.45) is 0 Å². The van der Waals surface area contributed by atoms with Crippen LogP contribution in [0.5, 0.6) is 10.8 Å². The lowest BCUT2D eigenvalue weighted by Gasteiger charge is -2.30. The fraction of sp³-hybridized carbons (Fsp3) is 0.190. The molecule has 13 heteroatoms. The van der Waals surface area contributed by atoms with Crippen molar-refractivity contribution in [1.82, 2.24) is 4.98 Å². The molecule has 0 bridgehead atoms. The zero-order valence-corrected chi connectivity index (χ0v) is 19.6. The van der Waals surface area contributed by atoms with Gasteiger partial charge in [0, 0.05) is 17.9 Å². The number of aryl methyl sites for hydroxylation is 1. The minimum Gasteiger partial charge on any atom is -0.470 e. The molecule has 0 radical (unpaired) electrons. The second kappa shape index (κ2) is 9.35. The van der Waals surface area contributed by atoms with E-state index in [0.717, 1.165) is 29.7 Å². The van der Waals surface area contributed by atoms with Gasteiger partial charge in [0.05, 0.1) is 10.6 Å². The Labute approximate surface area is 196 Å². The maximum Gasteiger partial charge on any atom is 0.512 e. The average Bonchev–Trinajstić information content (AvgIpc) is 3.07. The maximum atomic E-state index is 14.3. The first-order chi connectivity index (χ1) is 15.8. The Kier molecular flexibility index (Phi) is 6.89. The lowest BCUT2D eigenvalue weighted by Crippen LogP contribution is -2.43. The number of carbonyl (C=O) groups is 2. The van der Waals surface area contributed by atoms with Gasteiger partial charge < -0.3 is 14.6 Å². The number of sulfone groups is 1. The summed E-state index contributed by atoms with van der Waals surface area (Å²) in [6.07, 6.45) is -0.546. The van der Waals surface area contributed by atoms with E-state index in [-0.39, 0.29) is 26.3 Å². The van der Waals surface area contributed by atoms with E-state index in [1.165, 1.54) is 38.1 Å². The van der Waals surface area contributed by atoms with Crippen molar-refractivity contribution in [2.45, 2.75) is 24.3 Å². The van der Waals surface area contributed by atoms with E-state index in [4.69, 9.17) is 9.84 Å². The van der Waals surface area contributed by atoms with E-state index in [1.807, 2.05) is 0 Å². The largest absolute Gasteiger partial charge is 0.512 e. The Hall–Kier alpha value is -3.58. The summed E-state index contributed by atoms with van der Waals surface area (Å²) in [6, 6.07) is 7.70. The molecule has 180 valence electrons. The summed E-state index contributed by atoms with van der Waals surface area (Å²) in [7, 11) is -3.53. The van der Waals surface area contributed by atoms with Gasteiger partial charge in [0.15, 0.2) is 26.5 Å². The second-order valence-corrected chi connectivity index (χ2v) is 10.2. The lowest BCUT2D eigenvalue weighted by atomic mass is 9.94. The number of thiazole rings is 1. The molecular weight excluding hydrogens is 494 g/mol. The van der Waals surface area contributed by atoms with Crippen LogP contribution in [0.2, 0.25) is 0 Å². The summed E-state index contributed by atoms with van der Waals surface area (Å²) in [5.74, 6) is -3.19. The second-order valence-electron chi connectivity index (χ2n) is 7.22. The SMILES string of the molecule is Cc1nc(NC(=O)C(C)(Oc2ccc(F)cc2F)c2ccc(S(C)(=O)=O)cc2)sc1OC(=O)O. The van der Waals surface area contributed by atoms with Gasteiger partial charge in [-0.25, -0.2) is 27.0 Å². The van der Waals surface area contributed by atoms with E-state index >= 15 is 0 Å². The lowest BCUT2D eigenvalue weighted by molar-refractivity contribution is -0.130. The third-order valence-corrected chi connectivity index (χ3v) is 6.71. The molecule has 0 saturated heterocycles. The summed E-state index contributed by atoms with van der Waals surface area (Å²) < 4.78 is 61.5. The topological polar surface area (TPSA) is 132 Å². The highest BCUT2D eigenvalue weighted by Gasteiger charge is 2.39. The molecule has 0 saturated carbocycles. The van der Waals surface area contributed by atoms with Crippen LogP contribution in [-0.4, -0.2) is 36.8 Å². The maximum absolute atomic E-state index is 14.3. The van der Waals surface area contributed by atoms with Crippen molar-refractivity contribution >= 4 is 38.4 Å². The predicted molar refractivity (Wildman–Crippen MR) is 118 cm³/mol. The predicted octanol–water partition coefficient (Wildman–Crippen LogP) is 4.12. The number of nitrogens with zero attached hydrogens (tertiary/aromatic N) is 1. The van der Waals surface area contributed by atoms with Gasteiger partial charge in [-0.05, 0) is 38.1 Å². The minimum absolute atomic E-state index is 0.0158. The number of aromatic nitrogens is 1. The van der Waals surface area contributed by atoms with Gasteiger partial charge in [-0.1, -0.05) is 23.5 Å². The molecule has 1 amide bonds. The van der Waals surface area contributed by atoms with E-state index in [9.17, 15) is 26.8 Å². The number of hydrogen-bond acceptors (Lipinski definition) is 8. The van der Waals surface area contributed by atoms with Crippen LogP contribution in [0.1, 0.15) is 18.2 Å². The molecule has 3 aromatic rings. The average molecular weight is 513 g/mol. The molecular formula is C21H18F2N2O7S2. The van der Waals surface area contributed by atoms with Gasteiger partial charge in [-0.15, -0.1) is 0 Å². The zero-order valence-electron chi connectivity index (χ0n) is 18.0. The van der Waals surface area contributed by atoms with Gasteiger partial charge in [-0.2, -0.15) is 0 Å². The first-order valence-corrected chi connectivity index (χ1v) is 12.1. The first kappa shape index (κ1) is 25.1. The van der Waals surface area contributed by atoms with Gasteiger partial charge in [0.25, 0.3) is 5.91 Å². The highest BCUT2D eigenvalue weighted by molar-refractivity contribution is 7.90. The molecule has 1 heterocycles. The summed E-state index contributed by atoms with van der Waals surface area (Å²) in [5.41, 5.74) is -1.59. The number of rotatable bonds is 7. The Morgan fingerprint density at radius 3 is 2.35 bits per heavy atom. The third kappa shape index (κ3) is 5.48. The Balaban J connectivity index is 2.01. The van der Waals surface area contributed by atoms with Crippen molar-refractivity contribution in [3.8, 4) is 10.8 Å². The van der Waals surface area contributed by atoms with Crippen LogP contribution in [-0.2, 0) is 20.2 Å². The molecule has 0 spiro atoms. The number of carboxylic acid groups (broad SMARTS) is 1. The van der Waals surface area contributed by atoms with E-state index in [1.54, 1.807) is 0 Å². The number of amides is 1.